The topological polar surface area (TPSA) is 114 Å². The highest BCUT2D eigenvalue weighted by molar-refractivity contribution is 5.78. The van der Waals surface area contributed by atoms with Crippen LogP contribution < -0.4 is 0 Å². The molecule has 10 heteroatoms. The maximum absolute atomic E-state index is 13.0. The Morgan fingerprint density at radius 3 is 1.56 bits per heavy atom. The van der Waals surface area contributed by atoms with E-state index >= 15 is 0 Å². The summed E-state index contributed by atoms with van der Waals surface area (Å²) in [6, 6.07) is 24.7. The van der Waals surface area contributed by atoms with E-state index in [2.05, 4.69) is 64.4 Å². The molecule has 4 aromatic rings. The van der Waals surface area contributed by atoms with Crippen molar-refractivity contribution in [1.29, 1.82) is 0 Å². The molecule has 2 aromatic heterocycles. The Labute approximate surface area is 405 Å². The average Bonchev–Trinajstić information content (AvgIpc) is 4.30. The van der Waals surface area contributed by atoms with E-state index in [0.29, 0.717) is 25.0 Å². The summed E-state index contributed by atoms with van der Waals surface area (Å²) in [5.74, 6) is 0.268. The number of nitrogens with zero attached hydrogens (tertiary/aromatic N) is 4. The maximum atomic E-state index is 13.0. The zero-order valence-corrected chi connectivity index (χ0v) is 40.8. The fraction of sp³-hybridized carbons (Fsp3) is 0.586. The van der Waals surface area contributed by atoms with Gasteiger partial charge in [-0.1, -0.05) is 60.7 Å². The first-order valence-electron chi connectivity index (χ1n) is 26.7. The Morgan fingerprint density at radius 2 is 1.07 bits per heavy atom. The van der Waals surface area contributed by atoms with E-state index in [1.54, 1.807) is 0 Å². The highest BCUT2D eigenvalue weighted by atomic mass is 16.5. The van der Waals surface area contributed by atoms with Crippen LogP contribution in [0.2, 0.25) is 0 Å². The molecule has 0 amide bonds. The molecule has 2 aromatic carbocycles. The molecule has 1 N–H and O–H groups in total. The number of fused-ring (bicyclic) bond motifs is 2. The van der Waals surface area contributed by atoms with Gasteiger partial charge < -0.3 is 19.3 Å². The minimum atomic E-state index is -0.749. The number of aliphatic carboxylic acids is 1. The van der Waals surface area contributed by atoms with Gasteiger partial charge in [-0.3, -0.25) is 24.6 Å². The first-order chi connectivity index (χ1) is 33.4. The quantitative estimate of drug-likeness (QED) is 0.0640. The van der Waals surface area contributed by atoms with Crippen molar-refractivity contribution >= 4 is 11.9 Å². The number of ether oxygens (including phenoxy) is 3. The number of carboxylic acid groups (broad SMARTS) is 1. The molecule has 4 heterocycles. The van der Waals surface area contributed by atoms with Crippen LogP contribution in [0.4, 0.5) is 0 Å². The molecule has 4 fully saturated rings. The van der Waals surface area contributed by atoms with Crippen molar-refractivity contribution in [3.05, 3.63) is 129 Å². The van der Waals surface area contributed by atoms with Gasteiger partial charge in [0.25, 0.3) is 0 Å². The lowest BCUT2D eigenvalue weighted by Crippen LogP contribution is -2.35. The summed E-state index contributed by atoms with van der Waals surface area (Å²) in [6.07, 6.45) is 23.0. The summed E-state index contributed by atoms with van der Waals surface area (Å²) in [5.41, 5.74) is 12.6. The van der Waals surface area contributed by atoms with Gasteiger partial charge in [0.05, 0.1) is 18.8 Å². The van der Waals surface area contributed by atoms with Crippen molar-refractivity contribution in [2.24, 2.45) is 0 Å². The number of rotatable bonds is 21. The zero-order chi connectivity index (χ0) is 46.7. The molecule has 68 heavy (non-hydrogen) atoms. The fourth-order valence-electron chi connectivity index (χ4n) is 11.3. The molecule has 0 bridgehead atoms. The van der Waals surface area contributed by atoms with Crippen LogP contribution in [0, 0.1) is 0 Å². The van der Waals surface area contributed by atoms with Crippen LogP contribution >= 0.6 is 0 Å². The van der Waals surface area contributed by atoms with Crippen LogP contribution in [-0.2, 0) is 62.3 Å². The Kier molecular flexibility index (Phi) is 17.1. The smallest absolute Gasteiger partial charge is 0.328 e. The second kappa shape index (κ2) is 23.9. The SMILES string of the molecule is CCOC(=O)C(c1ccccc1C1CC1)N1CC[C@@H](OCCCCc2ccc3c(n2)CCCC3)C1.O=C(O)C(c1ccccc1C1CC1)N1CC[C@@H](OCCCCc2ccc3c(n2)CCCC3)C1. The molecular weight excluding hydrogens is 849 g/mol. The summed E-state index contributed by atoms with van der Waals surface area (Å²) >= 11 is 0. The summed E-state index contributed by atoms with van der Waals surface area (Å²) < 4.78 is 17.9. The number of carboxylic acids is 1. The van der Waals surface area contributed by atoms with E-state index in [1.165, 1.54) is 109 Å². The lowest BCUT2D eigenvalue weighted by atomic mass is 9.95. The third-order valence-corrected chi connectivity index (χ3v) is 15.3. The molecule has 6 aliphatic rings. The molecule has 2 unspecified atom stereocenters. The third kappa shape index (κ3) is 12.8. The second-order valence-corrected chi connectivity index (χ2v) is 20.4. The molecule has 10 rings (SSSR count). The Hall–Kier alpha value is -4.48. The highest BCUT2D eigenvalue weighted by Crippen LogP contribution is 2.45. The summed E-state index contributed by atoms with van der Waals surface area (Å²) in [6.45, 7) is 6.93. The molecule has 0 spiro atoms. The minimum Gasteiger partial charge on any atom is -0.480 e. The first-order valence-corrected chi connectivity index (χ1v) is 26.7. The minimum absolute atomic E-state index is 0.126. The molecule has 4 atom stereocenters. The van der Waals surface area contributed by atoms with E-state index < -0.39 is 12.0 Å². The molecular formula is C58H76N4O6. The van der Waals surface area contributed by atoms with Crippen LogP contribution in [0.3, 0.4) is 0 Å². The molecule has 10 nitrogen and oxygen atoms in total. The third-order valence-electron chi connectivity index (χ3n) is 15.3. The van der Waals surface area contributed by atoms with Gasteiger partial charge in [0.2, 0.25) is 0 Å². The van der Waals surface area contributed by atoms with Gasteiger partial charge in [-0.15, -0.1) is 0 Å². The molecule has 2 saturated carbocycles. The standard InChI is InChI=1S/C30H40N2O3.C28H36N2O3/c1-2-34-30(33)29(27-12-5-4-11-26(27)22-14-15-22)32-19-18-25(21-32)35-20-8-7-10-24-17-16-23-9-3-6-13-28(23)31-24;31-28(32)27(25-10-3-2-9-24(25)20-12-13-20)30-17-16-23(19-30)33-18-6-5-8-22-15-14-21-7-1-4-11-26(21)29-22/h4-5,11-12,16-17,22,25,29H,2-3,6-10,13-15,18-21H2,1H3;2-3,9-10,14-15,20,23,27H,1,4-8,11-13,16-19H2,(H,31,32)/t25-,29?;23-,27?/m11/s1. The van der Waals surface area contributed by atoms with E-state index in [9.17, 15) is 14.7 Å². The number of hydrogen-bond acceptors (Lipinski definition) is 9. The molecule has 364 valence electrons. The molecule has 0 radical (unpaired) electrons. The number of aromatic nitrogens is 2. The van der Waals surface area contributed by atoms with Gasteiger partial charge in [0.15, 0.2) is 0 Å². The molecule has 4 aliphatic carbocycles. The van der Waals surface area contributed by atoms with E-state index in [1.807, 2.05) is 25.1 Å². The van der Waals surface area contributed by atoms with Gasteiger partial charge in [-0.2, -0.15) is 0 Å². The van der Waals surface area contributed by atoms with Crippen molar-refractivity contribution in [2.75, 3.05) is 46.0 Å². The molecule has 2 aliphatic heterocycles. The van der Waals surface area contributed by atoms with Gasteiger partial charge in [-0.25, -0.2) is 4.79 Å². The number of unbranched alkanes of at least 4 members (excludes halogenated alkanes) is 2. The number of carbonyl (C=O) groups is 2. The first kappa shape index (κ1) is 48.5. The van der Waals surface area contributed by atoms with Crippen molar-refractivity contribution in [3.63, 3.8) is 0 Å². The summed E-state index contributed by atoms with van der Waals surface area (Å²) in [7, 11) is 0. The van der Waals surface area contributed by atoms with E-state index in [-0.39, 0.29) is 24.2 Å². The predicted molar refractivity (Wildman–Crippen MR) is 266 cm³/mol. The largest absolute Gasteiger partial charge is 0.480 e. The average molecular weight is 925 g/mol. The van der Waals surface area contributed by atoms with Crippen LogP contribution in [-0.4, -0.2) is 95.0 Å². The molecule has 2 saturated heterocycles. The predicted octanol–water partition coefficient (Wildman–Crippen LogP) is 10.6. The highest BCUT2D eigenvalue weighted by Gasteiger charge is 2.39. The summed E-state index contributed by atoms with van der Waals surface area (Å²) in [5, 5.41) is 10.0. The number of aryl methyl sites for hydroxylation is 6. The lowest BCUT2D eigenvalue weighted by Gasteiger charge is -2.28. The number of likely N-dealkylation sites (tertiary alicyclic amines) is 2. The number of pyridine rings is 2. The number of carbonyl (C=O) groups excluding carboxylic acids is 1. The van der Waals surface area contributed by atoms with Crippen molar-refractivity contribution in [1.82, 2.24) is 19.8 Å². The van der Waals surface area contributed by atoms with Gasteiger partial charge in [0.1, 0.15) is 12.1 Å². The second-order valence-electron chi connectivity index (χ2n) is 20.4. The van der Waals surface area contributed by atoms with E-state index in [4.69, 9.17) is 24.2 Å². The van der Waals surface area contributed by atoms with Crippen LogP contribution in [0.5, 0.6) is 0 Å². The van der Waals surface area contributed by atoms with Crippen molar-refractivity contribution < 1.29 is 28.9 Å². The number of esters is 1. The Balaban J connectivity index is 0.000000170. The monoisotopic (exact) mass is 925 g/mol. The van der Waals surface area contributed by atoms with Gasteiger partial charge in [-0.05, 0) is 193 Å². The zero-order valence-electron chi connectivity index (χ0n) is 40.8. The van der Waals surface area contributed by atoms with E-state index in [0.717, 1.165) is 108 Å². The van der Waals surface area contributed by atoms with Crippen LogP contribution in [0.25, 0.3) is 0 Å². The maximum Gasteiger partial charge on any atom is 0.328 e. The summed E-state index contributed by atoms with van der Waals surface area (Å²) in [4.78, 5) is 39.4. The van der Waals surface area contributed by atoms with Crippen LogP contribution in [0.1, 0.15) is 177 Å². The lowest BCUT2D eigenvalue weighted by molar-refractivity contribution is -0.149. The van der Waals surface area contributed by atoms with Crippen molar-refractivity contribution in [2.45, 2.75) is 171 Å². The number of benzene rings is 2. The van der Waals surface area contributed by atoms with Crippen LogP contribution in [0.15, 0.2) is 72.8 Å². The Bertz CT molecular complexity index is 2290. The van der Waals surface area contributed by atoms with Gasteiger partial charge in [0, 0.05) is 62.2 Å². The van der Waals surface area contributed by atoms with Crippen molar-refractivity contribution in [3.8, 4) is 0 Å². The fourth-order valence-corrected chi connectivity index (χ4v) is 11.3. The number of hydrogen-bond donors (Lipinski definition) is 1. The normalized spacial score (nSPS) is 21.3. The Morgan fingerprint density at radius 1 is 0.603 bits per heavy atom. The van der Waals surface area contributed by atoms with Gasteiger partial charge >= 0.3 is 11.9 Å².